The highest BCUT2D eigenvalue weighted by atomic mass is 35.5. The van der Waals surface area contributed by atoms with Crippen LogP contribution in [0, 0.1) is 0 Å². The molecule has 1 amide bonds. The Hall–Kier alpha value is -2.80. The second kappa shape index (κ2) is 8.73. The van der Waals surface area contributed by atoms with Crippen molar-refractivity contribution in [3.05, 3.63) is 59.4 Å². The molecule has 3 rings (SSSR count). The van der Waals surface area contributed by atoms with Gasteiger partial charge >= 0.3 is 0 Å². The Bertz CT molecular complexity index is 881. The maximum Gasteiger partial charge on any atom is 0.249 e. The summed E-state index contributed by atoms with van der Waals surface area (Å²) < 4.78 is 0. The van der Waals surface area contributed by atoms with Crippen molar-refractivity contribution in [3.8, 4) is 11.4 Å². The van der Waals surface area contributed by atoms with Crippen molar-refractivity contribution in [2.75, 3.05) is 13.6 Å². The van der Waals surface area contributed by atoms with Crippen LogP contribution in [0.4, 0.5) is 0 Å². The maximum atomic E-state index is 12.8. The van der Waals surface area contributed by atoms with E-state index in [1.165, 1.54) is 4.80 Å². The highest BCUT2D eigenvalue weighted by Gasteiger charge is 2.25. The fourth-order valence-corrected chi connectivity index (χ4v) is 2.83. The summed E-state index contributed by atoms with van der Waals surface area (Å²) in [7, 11) is 1.78. The van der Waals surface area contributed by atoms with Crippen LogP contribution >= 0.6 is 11.6 Å². The first kappa shape index (κ1) is 19.0. The van der Waals surface area contributed by atoms with Gasteiger partial charge in [-0.25, -0.2) is 0 Å². The van der Waals surface area contributed by atoms with E-state index in [0.717, 1.165) is 11.3 Å². The van der Waals surface area contributed by atoms with Crippen molar-refractivity contribution >= 4 is 17.5 Å². The summed E-state index contributed by atoms with van der Waals surface area (Å²) in [6, 6.07) is 12.5. The van der Waals surface area contributed by atoms with Crippen LogP contribution in [0.15, 0.2) is 48.7 Å². The largest absolute Gasteiger partial charge is 0.343 e. The van der Waals surface area contributed by atoms with Gasteiger partial charge in [-0.2, -0.15) is 4.80 Å². The molecule has 2 aromatic heterocycles. The number of halogens is 1. The molecule has 27 heavy (non-hydrogen) atoms. The monoisotopic (exact) mass is 384 g/mol. The Morgan fingerprint density at radius 1 is 1.22 bits per heavy atom. The molecule has 0 aliphatic heterocycles. The highest BCUT2D eigenvalue weighted by molar-refractivity contribution is 6.30. The van der Waals surface area contributed by atoms with E-state index < -0.39 is 6.04 Å². The van der Waals surface area contributed by atoms with Crippen molar-refractivity contribution in [3.63, 3.8) is 0 Å². The smallest absolute Gasteiger partial charge is 0.249 e. The fraction of sp³-hybridized carbons (Fsp3) is 0.316. The number of aromatic nitrogens is 5. The first-order valence-electron chi connectivity index (χ1n) is 8.78. The van der Waals surface area contributed by atoms with Crippen LogP contribution in [0.2, 0.25) is 5.02 Å². The quantitative estimate of drug-likeness (QED) is 0.625. The molecule has 2 heterocycles. The molecular formula is C19H21ClN6O. The molecule has 0 saturated heterocycles. The van der Waals surface area contributed by atoms with E-state index in [1.807, 2.05) is 37.3 Å². The lowest BCUT2D eigenvalue weighted by Crippen LogP contribution is -2.36. The number of amides is 1. The Balaban J connectivity index is 1.68. The normalized spacial score (nSPS) is 12.0. The van der Waals surface area contributed by atoms with Crippen molar-refractivity contribution in [2.45, 2.75) is 25.8 Å². The van der Waals surface area contributed by atoms with Crippen molar-refractivity contribution in [1.29, 1.82) is 0 Å². The molecule has 0 saturated carbocycles. The maximum absolute atomic E-state index is 12.8. The molecule has 0 fully saturated rings. The van der Waals surface area contributed by atoms with E-state index in [1.54, 1.807) is 30.3 Å². The Morgan fingerprint density at radius 2 is 2.00 bits per heavy atom. The molecule has 0 N–H and O–H groups in total. The van der Waals surface area contributed by atoms with Crippen LogP contribution in [0.25, 0.3) is 11.4 Å². The number of carbonyl (C=O) groups excluding carboxylic acids is 1. The van der Waals surface area contributed by atoms with Gasteiger partial charge in [0.25, 0.3) is 0 Å². The molecule has 7 nitrogen and oxygen atoms in total. The van der Waals surface area contributed by atoms with E-state index in [-0.39, 0.29) is 5.91 Å². The zero-order chi connectivity index (χ0) is 19.2. The minimum absolute atomic E-state index is 0.0477. The zero-order valence-electron chi connectivity index (χ0n) is 15.3. The van der Waals surface area contributed by atoms with Gasteiger partial charge < -0.3 is 4.90 Å². The van der Waals surface area contributed by atoms with E-state index in [0.29, 0.717) is 30.2 Å². The fourth-order valence-electron chi connectivity index (χ4n) is 2.70. The van der Waals surface area contributed by atoms with Crippen LogP contribution in [-0.4, -0.2) is 49.6 Å². The topological polar surface area (TPSA) is 76.8 Å². The molecule has 0 bridgehead atoms. The third-order valence-electron chi connectivity index (χ3n) is 4.29. The highest BCUT2D eigenvalue weighted by Crippen LogP contribution is 2.19. The minimum Gasteiger partial charge on any atom is -0.343 e. The standard InChI is InChI=1S/C19H21ClN6O/c1-3-17(19(27)25(2)13-11-16-6-4-5-12-21-16)26-23-18(22-24-26)14-7-9-15(20)10-8-14/h4-10,12,17H,3,11,13H2,1-2H3. The SMILES string of the molecule is CCC(C(=O)N(C)CCc1ccccn1)n1nnc(-c2ccc(Cl)cc2)n1. The minimum atomic E-state index is -0.493. The summed E-state index contributed by atoms with van der Waals surface area (Å²) in [5, 5.41) is 13.2. The summed E-state index contributed by atoms with van der Waals surface area (Å²) in [6.45, 7) is 2.51. The molecular weight excluding hydrogens is 364 g/mol. The van der Waals surface area contributed by atoms with E-state index in [2.05, 4.69) is 20.4 Å². The Kier molecular flexibility index (Phi) is 6.13. The van der Waals surface area contributed by atoms with Gasteiger partial charge in [0.1, 0.15) is 0 Å². The van der Waals surface area contributed by atoms with Gasteiger partial charge in [0.2, 0.25) is 11.7 Å². The molecule has 1 atom stereocenters. The van der Waals surface area contributed by atoms with Gasteiger partial charge in [0, 0.05) is 42.5 Å². The predicted octanol–water partition coefficient (Wildman–Crippen LogP) is 3.04. The van der Waals surface area contributed by atoms with E-state index in [9.17, 15) is 4.79 Å². The molecule has 1 aromatic carbocycles. The van der Waals surface area contributed by atoms with Crippen LogP contribution in [0.1, 0.15) is 25.1 Å². The van der Waals surface area contributed by atoms with Gasteiger partial charge in [-0.05, 0) is 48.0 Å². The molecule has 0 spiro atoms. The molecule has 8 heteroatoms. The van der Waals surface area contributed by atoms with Crippen LogP contribution < -0.4 is 0 Å². The second-order valence-corrected chi connectivity index (χ2v) is 6.63. The Labute approximate surface area is 163 Å². The van der Waals surface area contributed by atoms with E-state index in [4.69, 9.17) is 11.6 Å². The summed E-state index contributed by atoms with van der Waals surface area (Å²) in [6.07, 6.45) is 3.02. The van der Waals surface area contributed by atoms with E-state index >= 15 is 0 Å². The van der Waals surface area contributed by atoms with Gasteiger partial charge in [-0.1, -0.05) is 24.6 Å². The van der Waals surface area contributed by atoms with Gasteiger partial charge in [0.15, 0.2) is 6.04 Å². The van der Waals surface area contributed by atoms with Crippen molar-refractivity contribution in [1.82, 2.24) is 30.1 Å². The molecule has 1 unspecified atom stereocenters. The average Bonchev–Trinajstić information content (AvgIpc) is 3.17. The lowest BCUT2D eigenvalue weighted by molar-refractivity contribution is -0.134. The van der Waals surface area contributed by atoms with Gasteiger partial charge in [-0.3, -0.25) is 9.78 Å². The average molecular weight is 385 g/mol. The number of carbonyl (C=O) groups is 1. The van der Waals surface area contributed by atoms with Crippen LogP contribution in [0.3, 0.4) is 0 Å². The lowest BCUT2D eigenvalue weighted by Gasteiger charge is -2.22. The molecule has 0 aliphatic carbocycles. The molecule has 3 aromatic rings. The first-order valence-corrected chi connectivity index (χ1v) is 9.16. The summed E-state index contributed by atoms with van der Waals surface area (Å²) in [4.78, 5) is 20.2. The summed E-state index contributed by atoms with van der Waals surface area (Å²) in [5.41, 5.74) is 1.76. The number of benzene rings is 1. The van der Waals surface area contributed by atoms with Gasteiger partial charge in [0.05, 0.1) is 0 Å². The number of likely N-dealkylation sites (N-methyl/N-ethyl adjacent to an activating group) is 1. The number of hydrogen-bond acceptors (Lipinski definition) is 5. The zero-order valence-corrected chi connectivity index (χ0v) is 16.0. The van der Waals surface area contributed by atoms with Crippen molar-refractivity contribution < 1.29 is 4.79 Å². The number of pyridine rings is 1. The van der Waals surface area contributed by atoms with Gasteiger partial charge in [-0.15, -0.1) is 10.2 Å². The molecule has 0 radical (unpaired) electrons. The van der Waals surface area contributed by atoms with Crippen LogP contribution in [-0.2, 0) is 11.2 Å². The molecule has 0 aliphatic rings. The summed E-state index contributed by atoms with van der Waals surface area (Å²) in [5.74, 6) is 0.419. The third-order valence-corrected chi connectivity index (χ3v) is 4.54. The number of hydrogen-bond donors (Lipinski definition) is 0. The summed E-state index contributed by atoms with van der Waals surface area (Å²) >= 11 is 5.91. The van der Waals surface area contributed by atoms with Crippen molar-refractivity contribution in [2.24, 2.45) is 0 Å². The number of nitrogens with zero attached hydrogens (tertiary/aromatic N) is 6. The Morgan fingerprint density at radius 3 is 2.67 bits per heavy atom. The number of tetrazole rings is 1. The van der Waals surface area contributed by atoms with Crippen LogP contribution in [0.5, 0.6) is 0 Å². The lowest BCUT2D eigenvalue weighted by atomic mass is 10.2. The predicted molar refractivity (Wildman–Crippen MR) is 103 cm³/mol. The molecule has 140 valence electrons. The first-order chi connectivity index (χ1) is 13.1. The number of rotatable bonds is 7. The third kappa shape index (κ3) is 4.68. The second-order valence-electron chi connectivity index (χ2n) is 6.20.